The van der Waals surface area contributed by atoms with Gasteiger partial charge in [0.1, 0.15) is 5.69 Å². The second kappa shape index (κ2) is 7.40. The second-order valence-corrected chi connectivity index (χ2v) is 6.72. The van der Waals surface area contributed by atoms with Gasteiger partial charge >= 0.3 is 0 Å². The first-order valence-corrected chi connectivity index (χ1v) is 8.02. The Bertz CT molecular complexity index is 568. The van der Waals surface area contributed by atoms with Gasteiger partial charge in [0.05, 0.1) is 15.7 Å². The summed E-state index contributed by atoms with van der Waals surface area (Å²) >= 11 is 5.11. The number of aromatic nitrogens is 1. The molecule has 4 nitrogen and oxygen atoms in total. The van der Waals surface area contributed by atoms with Gasteiger partial charge in [-0.25, -0.2) is 4.98 Å². The highest BCUT2D eigenvalue weighted by molar-refractivity contribution is 9.11. The molecule has 0 aromatic carbocycles. The summed E-state index contributed by atoms with van der Waals surface area (Å²) in [4.78, 5) is 17.3. The van der Waals surface area contributed by atoms with Crippen LogP contribution in [0.25, 0.3) is 0 Å². The Kier molecular flexibility index (Phi) is 5.55. The first-order valence-electron chi connectivity index (χ1n) is 6.41. The molecular weight excluding hydrogens is 338 g/mol. The van der Waals surface area contributed by atoms with Gasteiger partial charge in [-0.15, -0.1) is 11.3 Å². The van der Waals surface area contributed by atoms with E-state index in [1.54, 1.807) is 23.6 Å². The highest BCUT2D eigenvalue weighted by Gasteiger charge is 2.06. The summed E-state index contributed by atoms with van der Waals surface area (Å²) in [7, 11) is 0. The van der Waals surface area contributed by atoms with Crippen molar-refractivity contribution in [3.8, 4) is 0 Å². The van der Waals surface area contributed by atoms with Crippen LogP contribution in [-0.4, -0.2) is 24.0 Å². The van der Waals surface area contributed by atoms with E-state index in [9.17, 15) is 4.79 Å². The minimum absolute atomic E-state index is 0.135. The zero-order valence-corrected chi connectivity index (χ0v) is 13.6. The Morgan fingerprint density at radius 3 is 2.80 bits per heavy atom. The molecule has 0 aliphatic carbocycles. The van der Waals surface area contributed by atoms with Gasteiger partial charge in [0.15, 0.2) is 0 Å². The van der Waals surface area contributed by atoms with Crippen molar-refractivity contribution in [2.24, 2.45) is 0 Å². The van der Waals surface area contributed by atoms with Gasteiger partial charge in [-0.3, -0.25) is 4.79 Å². The lowest BCUT2D eigenvalue weighted by atomic mass is 10.3. The smallest absolute Gasteiger partial charge is 0.269 e. The number of thiophene rings is 1. The second-order valence-electron chi connectivity index (χ2n) is 4.17. The molecule has 2 aromatic heterocycles. The van der Waals surface area contributed by atoms with Crippen LogP contribution in [0, 0.1) is 0 Å². The van der Waals surface area contributed by atoms with Crippen molar-refractivity contribution in [2.75, 3.05) is 18.4 Å². The number of nitrogens with one attached hydrogen (secondary N) is 2. The third-order valence-electron chi connectivity index (χ3n) is 2.66. The molecule has 2 aromatic rings. The van der Waals surface area contributed by atoms with Crippen LogP contribution in [0.1, 0.15) is 22.3 Å². The minimum Gasteiger partial charge on any atom is -0.384 e. The van der Waals surface area contributed by atoms with E-state index in [-0.39, 0.29) is 5.91 Å². The maximum absolute atomic E-state index is 11.9. The predicted octanol–water partition coefficient (Wildman–Crippen LogP) is 3.31. The number of rotatable bonds is 6. The van der Waals surface area contributed by atoms with Crippen molar-refractivity contribution in [1.29, 1.82) is 0 Å². The van der Waals surface area contributed by atoms with Gasteiger partial charge in [0, 0.05) is 18.0 Å². The minimum atomic E-state index is -0.135. The van der Waals surface area contributed by atoms with Gasteiger partial charge in [-0.2, -0.15) is 0 Å². The Morgan fingerprint density at radius 1 is 1.35 bits per heavy atom. The van der Waals surface area contributed by atoms with E-state index in [1.165, 1.54) is 4.88 Å². The molecular formula is C14H16BrN3OS. The number of halogens is 1. The normalized spacial score (nSPS) is 10.3. The summed E-state index contributed by atoms with van der Waals surface area (Å²) in [5.41, 5.74) is 1.37. The maximum atomic E-state index is 11.9. The van der Waals surface area contributed by atoms with E-state index >= 15 is 0 Å². The fraction of sp³-hybridized carbons (Fsp3) is 0.286. The van der Waals surface area contributed by atoms with E-state index < -0.39 is 0 Å². The number of pyridine rings is 1. The molecule has 0 aliphatic rings. The van der Waals surface area contributed by atoms with Crippen LogP contribution in [0.4, 0.5) is 5.69 Å². The molecule has 0 radical (unpaired) electrons. The van der Waals surface area contributed by atoms with E-state index in [0.717, 1.165) is 22.4 Å². The topological polar surface area (TPSA) is 54.0 Å². The summed E-state index contributed by atoms with van der Waals surface area (Å²) in [6.45, 7) is 3.47. The molecule has 2 N–H and O–H groups in total. The van der Waals surface area contributed by atoms with Crippen LogP contribution in [0.3, 0.4) is 0 Å². The Hall–Kier alpha value is -1.40. The number of carbonyl (C=O) groups excluding carboxylic acids is 1. The fourth-order valence-corrected chi connectivity index (χ4v) is 3.20. The number of carbonyl (C=O) groups is 1. The Balaban J connectivity index is 1.82. The summed E-state index contributed by atoms with van der Waals surface area (Å²) in [6.07, 6.45) is 2.51. The molecule has 106 valence electrons. The van der Waals surface area contributed by atoms with Crippen LogP contribution < -0.4 is 10.6 Å². The fourth-order valence-electron chi connectivity index (χ4n) is 1.71. The summed E-state index contributed by atoms with van der Waals surface area (Å²) < 4.78 is 1.11. The SMILES string of the molecule is CCNc1ccc(C(=O)NCCc2ccc(Br)s2)nc1. The molecule has 0 saturated carbocycles. The molecule has 0 aliphatic heterocycles. The van der Waals surface area contributed by atoms with Crippen molar-refractivity contribution in [3.63, 3.8) is 0 Å². The molecule has 20 heavy (non-hydrogen) atoms. The molecule has 2 rings (SSSR count). The van der Waals surface area contributed by atoms with Crippen LogP contribution in [0.15, 0.2) is 34.2 Å². The summed E-state index contributed by atoms with van der Waals surface area (Å²) in [5, 5.41) is 6.02. The highest BCUT2D eigenvalue weighted by Crippen LogP contribution is 2.22. The van der Waals surface area contributed by atoms with Crippen LogP contribution in [-0.2, 0) is 6.42 Å². The van der Waals surface area contributed by atoms with E-state index in [2.05, 4.69) is 37.6 Å². The van der Waals surface area contributed by atoms with Crippen molar-refractivity contribution in [3.05, 3.63) is 44.8 Å². The number of anilines is 1. The average molecular weight is 354 g/mol. The quantitative estimate of drug-likeness (QED) is 0.837. The first kappa shape index (κ1) is 15.0. The number of hydrogen-bond donors (Lipinski definition) is 2. The lowest BCUT2D eigenvalue weighted by molar-refractivity contribution is 0.0949. The zero-order chi connectivity index (χ0) is 14.4. The molecule has 0 saturated heterocycles. The lowest BCUT2D eigenvalue weighted by Crippen LogP contribution is -2.26. The van der Waals surface area contributed by atoms with Crippen molar-refractivity contribution in [1.82, 2.24) is 10.3 Å². The Labute approximate surface area is 130 Å². The molecule has 6 heteroatoms. The predicted molar refractivity (Wildman–Crippen MR) is 86.5 cm³/mol. The molecule has 0 fully saturated rings. The first-order chi connectivity index (χ1) is 9.69. The monoisotopic (exact) mass is 353 g/mol. The van der Waals surface area contributed by atoms with Crippen molar-refractivity contribution >= 4 is 38.9 Å². The highest BCUT2D eigenvalue weighted by atomic mass is 79.9. The van der Waals surface area contributed by atoms with Crippen LogP contribution >= 0.6 is 27.3 Å². The lowest BCUT2D eigenvalue weighted by Gasteiger charge is -2.05. The number of amides is 1. The molecule has 1 amide bonds. The van der Waals surface area contributed by atoms with Crippen LogP contribution in [0.5, 0.6) is 0 Å². The largest absolute Gasteiger partial charge is 0.384 e. The third-order valence-corrected chi connectivity index (χ3v) is 4.35. The van der Waals surface area contributed by atoms with Gasteiger partial charge in [-0.1, -0.05) is 0 Å². The van der Waals surface area contributed by atoms with E-state index in [0.29, 0.717) is 12.2 Å². The molecule has 0 unspecified atom stereocenters. The van der Waals surface area contributed by atoms with Gasteiger partial charge in [0.25, 0.3) is 5.91 Å². The molecule has 0 spiro atoms. The van der Waals surface area contributed by atoms with Gasteiger partial charge in [0.2, 0.25) is 0 Å². The average Bonchev–Trinajstić information content (AvgIpc) is 2.85. The molecule has 0 bridgehead atoms. The van der Waals surface area contributed by atoms with Gasteiger partial charge in [-0.05, 0) is 53.5 Å². The van der Waals surface area contributed by atoms with Crippen molar-refractivity contribution < 1.29 is 4.79 Å². The van der Waals surface area contributed by atoms with Crippen LogP contribution in [0.2, 0.25) is 0 Å². The van der Waals surface area contributed by atoms with E-state index in [4.69, 9.17) is 0 Å². The van der Waals surface area contributed by atoms with Gasteiger partial charge < -0.3 is 10.6 Å². The number of nitrogens with zero attached hydrogens (tertiary/aromatic N) is 1. The number of hydrogen-bond acceptors (Lipinski definition) is 4. The third kappa shape index (κ3) is 4.31. The molecule has 0 atom stereocenters. The van der Waals surface area contributed by atoms with Crippen molar-refractivity contribution in [2.45, 2.75) is 13.3 Å². The Morgan fingerprint density at radius 2 is 2.20 bits per heavy atom. The summed E-state index contributed by atoms with van der Waals surface area (Å²) in [6, 6.07) is 7.67. The van der Waals surface area contributed by atoms with E-state index in [1.807, 2.05) is 19.1 Å². The molecule has 2 heterocycles. The summed E-state index contributed by atoms with van der Waals surface area (Å²) in [5.74, 6) is -0.135. The maximum Gasteiger partial charge on any atom is 0.269 e. The zero-order valence-electron chi connectivity index (χ0n) is 11.1. The standard InChI is InChI=1S/C14H16BrN3OS/c1-2-16-10-3-5-12(18-9-10)14(19)17-8-7-11-4-6-13(15)20-11/h3-6,9,16H,2,7-8H2,1H3,(H,17,19).